The van der Waals surface area contributed by atoms with E-state index < -0.39 is 0 Å². The van der Waals surface area contributed by atoms with Crippen LogP contribution in [0.15, 0.2) is 54.9 Å². The summed E-state index contributed by atoms with van der Waals surface area (Å²) in [6, 6.07) is 14.2. The minimum atomic E-state index is 0.462. The number of aromatic nitrogens is 4. The predicted octanol–water partition coefficient (Wildman–Crippen LogP) is 4.41. The lowest BCUT2D eigenvalue weighted by Crippen LogP contribution is -2.10. The van der Waals surface area contributed by atoms with E-state index >= 15 is 0 Å². The van der Waals surface area contributed by atoms with Gasteiger partial charge in [-0.05, 0) is 37.9 Å². The zero-order chi connectivity index (χ0) is 19.0. The minimum Gasteiger partial charge on any atom is -0.305 e. The Labute approximate surface area is 163 Å². The van der Waals surface area contributed by atoms with Crippen molar-refractivity contribution in [1.29, 1.82) is 0 Å². The molecule has 0 aliphatic carbocycles. The van der Waals surface area contributed by atoms with Gasteiger partial charge in [-0.3, -0.25) is 9.67 Å². The molecule has 0 N–H and O–H groups in total. The summed E-state index contributed by atoms with van der Waals surface area (Å²) in [5.41, 5.74) is 6.86. The van der Waals surface area contributed by atoms with E-state index in [-0.39, 0.29) is 0 Å². The number of halogens is 1. The Balaban J connectivity index is 1.77. The van der Waals surface area contributed by atoms with E-state index in [1.54, 1.807) is 6.07 Å². The van der Waals surface area contributed by atoms with Crippen LogP contribution in [0, 0.1) is 0 Å². The van der Waals surface area contributed by atoms with Gasteiger partial charge < -0.3 is 4.90 Å². The Hall–Kier alpha value is -2.76. The molecule has 0 atom stereocenters. The van der Waals surface area contributed by atoms with Crippen molar-refractivity contribution in [3.05, 3.63) is 65.6 Å². The Morgan fingerprint density at radius 3 is 2.52 bits per heavy atom. The number of aryl methyl sites for hydroxylation is 1. The summed E-state index contributed by atoms with van der Waals surface area (Å²) in [7, 11) is 6.06. The average Bonchev–Trinajstić information content (AvgIpc) is 3.03. The highest BCUT2D eigenvalue weighted by molar-refractivity contribution is 6.29. The van der Waals surface area contributed by atoms with Crippen LogP contribution in [0.2, 0.25) is 5.15 Å². The highest BCUT2D eigenvalue weighted by atomic mass is 35.5. The van der Waals surface area contributed by atoms with Crippen LogP contribution in [0.1, 0.15) is 5.56 Å². The Bertz CT molecular complexity index is 1100. The fraction of sp³-hybridized carbons (Fsp3) is 0.190. The highest BCUT2D eigenvalue weighted by Gasteiger charge is 2.14. The number of rotatable bonds is 4. The molecule has 0 spiro atoms. The maximum atomic E-state index is 6.04. The molecule has 4 aromatic rings. The number of nitrogens with zero attached hydrogens (tertiary/aromatic N) is 5. The van der Waals surface area contributed by atoms with Gasteiger partial charge in [-0.2, -0.15) is 5.10 Å². The molecule has 0 unspecified atom stereocenters. The summed E-state index contributed by atoms with van der Waals surface area (Å²) >= 11 is 6.04. The van der Waals surface area contributed by atoms with Crippen LogP contribution in [0.5, 0.6) is 0 Å². The first-order valence-corrected chi connectivity index (χ1v) is 9.08. The van der Waals surface area contributed by atoms with E-state index in [0.29, 0.717) is 5.15 Å². The highest BCUT2D eigenvalue weighted by Crippen LogP contribution is 2.32. The van der Waals surface area contributed by atoms with Crippen LogP contribution in [-0.2, 0) is 13.6 Å². The summed E-state index contributed by atoms with van der Waals surface area (Å²) in [4.78, 5) is 11.1. The Morgan fingerprint density at radius 1 is 1.00 bits per heavy atom. The Morgan fingerprint density at radius 2 is 1.78 bits per heavy atom. The van der Waals surface area contributed by atoms with E-state index in [4.69, 9.17) is 11.6 Å². The average molecular weight is 378 g/mol. The zero-order valence-corrected chi connectivity index (χ0v) is 16.3. The molecular formula is C21H20ClN5. The molecule has 136 valence electrons. The van der Waals surface area contributed by atoms with E-state index in [1.165, 1.54) is 5.56 Å². The molecule has 3 aromatic heterocycles. The van der Waals surface area contributed by atoms with Gasteiger partial charge in [0.15, 0.2) is 0 Å². The number of hydrogen-bond acceptors (Lipinski definition) is 4. The quantitative estimate of drug-likeness (QED) is 0.494. The fourth-order valence-corrected chi connectivity index (χ4v) is 3.33. The van der Waals surface area contributed by atoms with Gasteiger partial charge in [-0.1, -0.05) is 35.9 Å². The molecule has 0 aliphatic rings. The lowest BCUT2D eigenvalue weighted by Gasteiger charge is -2.10. The second-order valence-electron chi connectivity index (χ2n) is 6.90. The normalized spacial score (nSPS) is 11.4. The maximum absolute atomic E-state index is 6.04. The smallest absolute Gasteiger partial charge is 0.129 e. The summed E-state index contributed by atoms with van der Waals surface area (Å²) < 4.78 is 1.83. The predicted molar refractivity (Wildman–Crippen MR) is 110 cm³/mol. The van der Waals surface area contributed by atoms with E-state index in [1.807, 2.05) is 36.3 Å². The monoisotopic (exact) mass is 377 g/mol. The molecule has 0 aliphatic heterocycles. The summed E-state index contributed by atoms with van der Waals surface area (Å²) in [6.45, 7) is 0.913. The SMILES string of the molecule is CN(C)Cc1ccc(-c2nn(C)cc2-c2cnc3ccc(Cl)nc3c2)cc1. The summed E-state index contributed by atoms with van der Waals surface area (Å²) in [5, 5.41) is 5.14. The first-order valence-electron chi connectivity index (χ1n) is 8.70. The molecule has 0 bridgehead atoms. The van der Waals surface area contributed by atoms with Crippen LogP contribution >= 0.6 is 11.6 Å². The number of pyridine rings is 2. The Kier molecular flexibility index (Phi) is 4.64. The van der Waals surface area contributed by atoms with Crippen molar-refractivity contribution in [2.24, 2.45) is 7.05 Å². The molecule has 0 saturated carbocycles. The summed E-state index contributed by atoms with van der Waals surface area (Å²) in [5.74, 6) is 0. The van der Waals surface area contributed by atoms with Gasteiger partial charge >= 0.3 is 0 Å². The maximum Gasteiger partial charge on any atom is 0.129 e. The number of fused-ring (bicyclic) bond motifs is 1. The molecule has 3 heterocycles. The van der Waals surface area contributed by atoms with Crippen molar-refractivity contribution < 1.29 is 0 Å². The van der Waals surface area contributed by atoms with Crippen LogP contribution < -0.4 is 0 Å². The van der Waals surface area contributed by atoms with Gasteiger partial charge in [0.2, 0.25) is 0 Å². The van der Waals surface area contributed by atoms with Crippen LogP contribution in [0.25, 0.3) is 33.4 Å². The van der Waals surface area contributed by atoms with Crippen molar-refractivity contribution >= 4 is 22.6 Å². The summed E-state index contributed by atoms with van der Waals surface area (Å²) in [6.07, 6.45) is 3.87. The minimum absolute atomic E-state index is 0.462. The number of hydrogen-bond donors (Lipinski definition) is 0. The first kappa shape index (κ1) is 17.6. The van der Waals surface area contributed by atoms with E-state index in [9.17, 15) is 0 Å². The molecular weight excluding hydrogens is 358 g/mol. The third-order valence-electron chi connectivity index (χ3n) is 4.37. The van der Waals surface area contributed by atoms with Crippen molar-refractivity contribution in [2.75, 3.05) is 14.1 Å². The molecule has 27 heavy (non-hydrogen) atoms. The van der Waals surface area contributed by atoms with Gasteiger partial charge in [0, 0.05) is 42.7 Å². The largest absolute Gasteiger partial charge is 0.305 e. The van der Waals surface area contributed by atoms with Gasteiger partial charge in [0.05, 0.1) is 11.0 Å². The van der Waals surface area contributed by atoms with Gasteiger partial charge in [-0.15, -0.1) is 0 Å². The molecule has 6 heteroatoms. The number of benzene rings is 1. The first-order chi connectivity index (χ1) is 13.0. The van der Waals surface area contributed by atoms with Crippen molar-refractivity contribution in [3.8, 4) is 22.4 Å². The van der Waals surface area contributed by atoms with Crippen molar-refractivity contribution in [1.82, 2.24) is 24.6 Å². The van der Waals surface area contributed by atoms with Crippen LogP contribution in [-0.4, -0.2) is 38.7 Å². The molecule has 5 nitrogen and oxygen atoms in total. The second-order valence-corrected chi connectivity index (χ2v) is 7.28. The van der Waals surface area contributed by atoms with Gasteiger partial charge in [0.25, 0.3) is 0 Å². The third-order valence-corrected chi connectivity index (χ3v) is 4.58. The lowest BCUT2D eigenvalue weighted by molar-refractivity contribution is 0.402. The van der Waals surface area contributed by atoms with Gasteiger partial charge in [-0.25, -0.2) is 4.98 Å². The molecule has 0 saturated heterocycles. The van der Waals surface area contributed by atoms with Crippen LogP contribution in [0.4, 0.5) is 0 Å². The van der Waals surface area contributed by atoms with E-state index in [2.05, 4.69) is 58.3 Å². The van der Waals surface area contributed by atoms with Gasteiger partial charge in [0.1, 0.15) is 10.8 Å². The third kappa shape index (κ3) is 3.70. The lowest BCUT2D eigenvalue weighted by atomic mass is 10.0. The molecule has 0 radical (unpaired) electrons. The molecule has 0 fully saturated rings. The molecule has 1 aromatic carbocycles. The second kappa shape index (κ2) is 7.10. The van der Waals surface area contributed by atoms with E-state index in [0.717, 1.165) is 40.0 Å². The zero-order valence-electron chi connectivity index (χ0n) is 15.5. The standard InChI is InChI=1S/C21H20ClN5/c1-26(2)12-14-4-6-15(7-5-14)21-17(13-27(3)25-21)16-10-19-18(23-11-16)8-9-20(22)24-19/h4-11,13H,12H2,1-3H3. The topological polar surface area (TPSA) is 46.8 Å². The van der Waals surface area contributed by atoms with Crippen LogP contribution in [0.3, 0.4) is 0 Å². The molecule has 4 rings (SSSR count). The molecule has 0 amide bonds. The van der Waals surface area contributed by atoms with Crippen molar-refractivity contribution in [3.63, 3.8) is 0 Å². The van der Waals surface area contributed by atoms with Crippen molar-refractivity contribution in [2.45, 2.75) is 6.54 Å². The fourth-order valence-electron chi connectivity index (χ4n) is 3.18.